The minimum absolute atomic E-state index is 0.171. The molecule has 2 aromatic rings. The second-order valence-electron chi connectivity index (χ2n) is 5.93. The lowest BCUT2D eigenvalue weighted by Gasteiger charge is -2.24. The normalized spacial score (nSPS) is 12.6. The Morgan fingerprint density at radius 2 is 2.08 bits per heavy atom. The van der Waals surface area contributed by atoms with Crippen LogP contribution < -0.4 is 5.32 Å². The predicted octanol–water partition coefficient (Wildman–Crippen LogP) is 1.77. The molecule has 0 bridgehead atoms. The van der Waals surface area contributed by atoms with Gasteiger partial charge < -0.3 is 10.4 Å². The summed E-state index contributed by atoms with van der Waals surface area (Å²) in [5.74, 6) is -0.333. The average Bonchev–Trinajstić information content (AvgIpc) is 3.06. The molecular formula is C16H20N4O4. The minimum atomic E-state index is -1.08. The average molecular weight is 332 g/mol. The van der Waals surface area contributed by atoms with Crippen molar-refractivity contribution >= 4 is 11.6 Å². The number of carbonyl (C=O) groups is 1. The number of aromatic nitrogens is 2. The molecule has 0 saturated heterocycles. The third-order valence-electron chi connectivity index (χ3n) is 3.80. The van der Waals surface area contributed by atoms with Crippen LogP contribution in [-0.2, 0) is 10.3 Å². The van der Waals surface area contributed by atoms with Gasteiger partial charge in [0.2, 0.25) is 5.91 Å². The van der Waals surface area contributed by atoms with E-state index in [2.05, 4.69) is 10.4 Å². The highest BCUT2D eigenvalue weighted by molar-refractivity contribution is 5.83. The van der Waals surface area contributed by atoms with Crippen LogP contribution in [0.4, 0.5) is 5.69 Å². The van der Waals surface area contributed by atoms with Crippen LogP contribution in [0.15, 0.2) is 42.7 Å². The first kappa shape index (κ1) is 17.6. The zero-order valence-corrected chi connectivity index (χ0v) is 13.5. The molecule has 8 heteroatoms. The lowest BCUT2D eigenvalue weighted by molar-refractivity contribution is -0.385. The molecule has 2 rings (SSSR count). The van der Waals surface area contributed by atoms with E-state index in [1.807, 2.05) is 30.3 Å². The number of rotatable bonds is 7. The number of aliphatic hydroxyl groups is 1. The Balaban J connectivity index is 1.92. The van der Waals surface area contributed by atoms with Crippen LogP contribution in [-0.4, -0.2) is 32.3 Å². The number of nitrogens with zero attached hydrogens (tertiary/aromatic N) is 3. The molecule has 2 N–H and O–H groups in total. The van der Waals surface area contributed by atoms with E-state index in [1.165, 1.54) is 10.9 Å². The number of benzene rings is 1. The molecule has 0 fully saturated rings. The molecule has 0 aliphatic heterocycles. The van der Waals surface area contributed by atoms with Crippen LogP contribution in [0.1, 0.15) is 31.9 Å². The van der Waals surface area contributed by atoms with E-state index < -0.39 is 16.6 Å². The van der Waals surface area contributed by atoms with Gasteiger partial charge in [-0.3, -0.25) is 19.6 Å². The van der Waals surface area contributed by atoms with Crippen LogP contribution >= 0.6 is 0 Å². The molecule has 1 unspecified atom stereocenters. The van der Waals surface area contributed by atoms with Gasteiger partial charge in [0.15, 0.2) is 0 Å². The molecule has 1 aromatic heterocycles. The van der Waals surface area contributed by atoms with Crippen molar-refractivity contribution in [2.75, 3.05) is 6.54 Å². The topological polar surface area (TPSA) is 110 Å². The summed E-state index contributed by atoms with van der Waals surface area (Å²) < 4.78 is 1.26. The fourth-order valence-electron chi connectivity index (χ4n) is 2.20. The van der Waals surface area contributed by atoms with Crippen molar-refractivity contribution < 1.29 is 14.8 Å². The highest BCUT2D eigenvalue weighted by atomic mass is 16.6. The summed E-state index contributed by atoms with van der Waals surface area (Å²) in [5, 5.41) is 27.4. The second kappa shape index (κ2) is 7.22. The van der Waals surface area contributed by atoms with Crippen molar-refractivity contribution in [1.29, 1.82) is 0 Å². The highest BCUT2D eigenvalue weighted by Crippen LogP contribution is 2.19. The van der Waals surface area contributed by atoms with Gasteiger partial charge in [-0.1, -0.05) is 30.3 Å². The largest absolute Gasteiger partial charge is 0.388 e. The molecule has 24 heavy (non-hydrogen) atoms. The van der Waals surface area contributed by atoms with Crippen LogP contribution in [0, 0.1) is 10.1 Å². The van der Waals surface area contributed by atoms with Crippen LogP contribution in [0.2, 0.25) is 0 Å². The van der Waals surface area contributed by atoms with Crippen molar-refractivity contribution in [3.8, 4) is 0 Å². The number of hydrogen-bond donors (Lipinski definition) is 2. The van der Waals surface area contributed by atoms with Gasteiger partial charge in [-0.2, -0.15) is 5.10 Å². The number of amides is 1. The Hall–Kier alpha value is -2.74. The zero-order valence-electron chi connectivity index (χ0n) is 13.5. The molecule has 1 atom stereocenters. The van der Waals surface area contributed by atoms with E-state index in [0.717, 1.165) is 11.8 Å². The number of aliphatic hydroxyl groups excluding tert-OH is 1. The van der Waals surface area contributed by atoms with Crippen molar-refractivity contribution in [1.82, 2.24) is 15.1 Å². The van der Waals surface area contributed by atoms with E-state index in [9.17, 15) is 20.0 Å². The van der Waals surface area contributed by atoms with E-state index >= 15 is 0 Å². The molecule has 8 nitrogen and oxygen atoms in total. The maximum Gasteiger partial charge on any atom is 0.307 e. The number of carbonyl (C=O) groups excluding carboxylic acids is 1. The standard InChI is InChI=1S/C16H20N4O4/c1-16(2,19-11-13(10-18-19)20(23)24)15(22)17-9-8-14(21)12-6-4-3-5-7-12/h3-7,10-11,14,21H,8-9H2,1-2H3,(H,17,22). The first-order chi connectivity index (χ1) is 11.3. The summed E-state index contributed by atoms with van der Waals surface area (Å²) in [6.45, 7) is 3.51. The summed E-state index contributed by atoms with van der Waals surface area (Å²) in [6, 6.07) is 9.18. The van der Waals surface area contributed by atoms with Crippen LogP contribution in [0.3, 0.4) is 0 Å². The van der Waals surface area contributed by atoms with E-state index in [4.69, 9.17) is 0 Å². The lowest BCUT2D eigenvalue weighted by atomic mass is 10.0. The van der Waals surface area contributed by atoms with Crippen LogP contribution in [0.25, 0.3) is 0 Å². The number of hydrogen-bond acceptors (Lipinski definition) is 5. The summed E-state index contributed by atoms with van der Waals surface area (Å²) >= 11 is 0. The van der Waals surface area contributed by atoms with Gasteiger partial charge in [-0.05, 0) is 25.8 Å². The van der Waals surface area contributed by atoms with Gasteiger partial charge >= 0.3 is 5.69 Å². The molecule has 1 amide bonds. The SMILES string of the molecule is CC(C)(C(=O)NCCC(O)c1ccccc1)n1cc([N+](=O)[O-])cn1. The highest BCUT2D eigenvalue weighted by Gasteiger charge is 2.31. The maximum atomic E-state index is 12.3. The first-order valence-electron chi connectivity index (χ1n) is 7.53. The smallest absolute Gasteiger partial charge is 0.307 e. The quantitative estimate of drug-likeness (QED) is 0.593. The third-order valence-corrected chi connectivity index (χ3v) is 3.80. The summed E-state index contributed by atoms with van der Waals surface area (Å²) in [4.78, 5) is 22.5. The van der Waals surface area contributed by atoms with Gasteiger partial charge in [0.05, 0.1) is 11.0 Å². The van der Waals surface area contributed by atoms with E-state index in [0.29, 0.717) is 6.42 Å². The number of nitrogens with one attached hydrogen (secondary N) is 1. The van der Waals surface area contributed by atoms with Crippen molar-refractivity contribution in [3.63, 3.8) is 0 Å². The maximum absolute atomic E-state index is 12.3. The van der Waals surface area contributed by atoms with Crippen molar-refractivity contribution in [2.24, 2.45) is 0 Å². The Labute approximate surface area is 139 Å². The van der Waals surface area contributed by atoms with Crippen molar-refractivity contribution in [2.45, 2.75) is 31.9 Å². The fraction of sp³-hybridized carbons (Fsp3) is 0.375. The molecule has 1 aromatic carbocycles. The predicted molar refractivity (Wildman–Crippen MR) is 87.2 cm³/mol. The molecule has 0 aliphatic carbocycles. The Morgan fingerprint density at radius 3 is 2.67 bits per heavy atom. The molecule has 0 spiro atoms. The zero-order chi connectivity index (χ0) is 17.7. The Morgan fingerprint density at radius 1 is 1.42 bits per heavy atom. The number of nitro groups is 1. The summed E-state index contributed by atoms with van der Waals surface area (Å²) in [5.41, 5.74) is -0.463. The molecule has 128 valence electrons. The minimum Gasteiger partial charge on any atom is -0.388 e. The van der Waals surface area contributed by atoms with E-state index in [1.54, 1.807) is 13.8 Å². The van der Waals surface area contributed by atoms with Gasteiger partial charge in [-0.25, -0.2) is 0 Å². The molecule has 0 saturated carbocycles. The fourth-order valence-corrected chi connectivity index (χ4v) is 2.20. The van der Waals surface area contributed by atoms with Gasteiger partial charge in [0.1, 0.15) is 17.9 Å². The lowest BCUT2D eigenvalue weighted by Crippen LogP contribution is -2.45. The van der Waals surface area contributed by atoms with Crippen LogP contribution in [0.5, 0.6) is 0 Å². The first-order valence-corrected chi connectivity index (χ1v) is 7.53. The molecule has 1 heterocycles. The summed E-state index contributed by atoms with van der Waals surface area (Å²) in [7, 11) is 0. The molecule has 0 aliphatic rings. The molecular weight excluding hydrogens is 312 g/mol. The van der Waals surface area contributed by atoms with E-state index in [-0.39, 0.29) is 18.1 Å². The van der Waals surface area contributed by atoms with Gasteiger partial charge in [0, 0.05) is 6.54 Å². The Bertz CT molecular complexity index is 712. The van der Waals surface area contributed by atoms with Crippen molar-refractivity contribution in [3.05, 3.63) is 58.4 Å². The molecule has 0 radical (unpaired) electrons. The van der Waals surface area contributed by atoms with Gasteiger partial charge in [0.25, 0.3) is 0 Å². The van der Waals surface area contributed by atoms with Gasteiger partial charge in [-0.15, -0.1) is 0 Å². The third kappa shape index (κ3) is 3.96. The Kier molecular flexibility index (Phi) is 5.30. The second-order valence-corrected chi connectivity index (χ2v) is 5.93. The monoisotopic (exact) mass is 332 g/mol. The summed E-state index contributed by atoms with van der Waals surface area (Å²) in [6.07, 6.45) is 2.03.